The van der Waals surface area contributed by atoms with Gasteiger partial charge in [-0.1, -0.05) is 0 Å². The Morgan fingerprint density at radius 1 is 1.21 bits per heavy atom. The number of aromatic nitrogens is 4. The second-order valence-electron chi connectivity index (χ2n) is 6.61. The lowest BCUT2D eigenvalue weighted by atomic mass is 10.1. The Kier molecular flexibility index (Phi) is 3.07. The maximum Gasteiger partial charge on any atom is 0.123 e. The van der Waals surface area contributed by atoms with E-state index in [2.05, 4.69) is 56.0 Å². The molecule has 2 aliphatic heterocycles. The van der Waals surface area contributed by atoms with Gasteiger partial charge in [-0.15, -0.1) is 10.2 Å². The van der Waals surface area contributed by atoms with Crippen molar-refractivity contribution in [1.29, 1.82) is 0 Å². The summed E-state index contributed by atoms with van der Waals surface area (Å²) in [5.74, 6) is 0.730. The van der Waals surface area contributed by atoms with Crippen LogP contribution in [0.15, 0.2) is 48.9 Å². The lowest BCUT2D eigenvalue weighted by Crippen LogP contribution is -2.21. The third-order valence-corrected chi connectivity index (χ3v) is 5.26. The molecule has 2 aliphatic rings. The highest BCUT2D eigenvalue weighted by atomic mass is 15.2. The van der Waals surface area contributed by atoms with Crippen molar-refractivity contribution in [3.63, 3.8) is 0 Å². The van der Waals surface area contributed by atoms with Crippen LogP contribution in [0, 0.1) is 5.92 Å². The van der Waals surface area contributed by atoms with E-state index in [1.165, 1.54) is 35.1 Å². The fraction of sp³-hybridized carbons (Fsp3) is 0.333. The van der Waals surface area contributed by atoms with Gasteiger partial charge in [0.15, 0.2) is 0 Å². The number of hydrogen-bond donors (Lipinski definition) is 2. The van der Waals surface area contributed by atoms with Crippen molar-refractivity contribution < 1.29 is 0 Å². The topological polar surface area (TPSA) is 61.8 Å². The molecule has 6 nitrogen and oxygen atoms in total. The van der Waals surface area contributed by atoms with Crippen LogP contribution in [0.1, 0.15) is 12.0 Å². The zero-order valence-corrected chi connectivity index (χ0v) is 13.4. The highest BCUT2D eigenvalue weighted by Gasteiger charge is 2.30. The summed E-state index contributed by atoms with van der Waals surface area (Å²) < 4.78 is 1.94. The molecule has 2 aromatic heterocycles. The molecule has 1 saturated heterocycles. The number of H-pyrrole nitrogens is 1. The van der Waals surface area contributed by atoms with Crippen LogP contribution in [-0.4, -0.2) is 44.3 Å². The van der Waals surface area contributed by atoms with Crippen LogP contribution >= 0.6 is 0 Å². The number of nitrogens with one attached hydrogen (secondary N) is 2. The number of benzene rings is 1. The van der Waals surface area contributed by atoms with E-state index < -0.39 is 0 Å². The fourth-order valence-electron chi connectivity index (χ4n) is 3.93. The predicted molar refractivity (Wildman–Crippen MR) is 92.7 cm³/mol. The first-order valence-electron chi connectivity index (χ1n) is 8.52. The number of hydrogen-bond acceptors (Lipinski definition) is 4. The average molecular weight is 320 g/mol. The summed E-state index contributed by atoms with van der Waals surface area (Å²) in [4.78, 5) is 5.93. The van der Waals surface area contributed by atoms with Gasteiger partial charge in [0.2, 0.25) is 0 Å². The molecule has 6 heteroatoms. The standard InChI is InChI=1S/C18H20N6/c1-2-17-16(7-15(1)24-11-21-22-12-24)13(9-20-17)3-5-23-6-4-14-8-19-10-18(14)23/h1-2,7,9-12,14,19-20H,3-6,8H2. The van der Waals surface area contributed by atoms with Crippen LogP contribution in [0.4, 0.5) is 0 Å². The Morgan fingerprint density at radius 3 is 3.04 bits per heavy atom. The zero-order chi connectivity index (χ0) is 15.9. The van der Waals surface area contributed by atoms with Crippen LogP contribution in [0.2, 0.25) is 0 Å². The van der Waals surface area contributed by atoms with E-state index in [4.69, 9.17) is 0 Å². The van der Waals surface area contributed by atoms with Crippen molar-refractivity contribution in [2.24, 2.45) is 5.92 Å². The molecule has 24 heavy (non-hydrogen) atoms. The van der Waals surface area contributed by atoms with E-state index in [0.717, 1.165) is 31.1 Å². The normalized spacial score (nSPS) is 19.6. The maximum atomic E-state index is 3.89. The van der Waals surface area contributed by atoms with Crippen LogP contribution in [0.25, 0.3) is 16.6 Å². The van der Waals surface area contributed by atoms with Crippen LogP contribution < -0.4 is 5.32 Å². The molecule has 2 N–H and O–H groups in total. The van der Waals surface area contributed by atoms with Gasteiger partial charge in [-0.25, -0.2) is 0 Å². The molecule has 4 heterocycles. The van der Waals surface area contributed by atoms with Crippen molar-refractivity contribution in [2.75, 3.05) is 19.6 Å². The summed E-state index contributed by atoms with van der Waals surface area (Å²) in [6, 6.07) is 6.43. The SMILES string of the molecule is C1=C2C(CCN2CCc2c[nH]c3ccc(-n4cnnc4)cc23)CN1. The Morgan fingerprint density at radius 2 is 2.12 bits per heavy atom. The quantitative estimate of drug-likeness (QED) is 0.772. The van der Waals surface area contributed by atoms with Gasteiger partial charge in [0, 0.05) is 60.2 Å². The van der Waals surface area contributed by atoms with Crippen LogP contribution in [-0.2, 0) is 6.42 Å². The molecular weight excluding hydrogens is 300 g/mol. The Bertz CT molecular complexity index is 892. The van der Waals surface area contributed by atoms with E-state index in [1.54, 1.807) is 12.7 Å². The van der Waals surface area contributed by atoms with Gasteiger partial charge in [-0.05, 0) is 36.6 Å². The highest BCUT2D eigenvalue weighted by molar-refractivity contribution is 5.85. The molecule has 0 amide bonds. The maximum absolute atomic E-state index is 3.89. The molecule has 1 fully saturated rings. The summed E-state index contributed by atoms with van der Waals surface area (Å²) in [7, 11) is 0. The first-order valence-corrected chi connectivity index (χ1v) is 8.52. The number of rotatable bonds is 4. The molecule has 0 spiro atoms. The number of fused-ring (bicyclic) bond motifs is 2. The second kappa shape index (κ2) is 5.40. The molecule has 1 unspecified atom stereocenters. The molecule has 1 aromatic carbocycles. The molecule has 122 valence electrons. The van der Waals surface area contributed by atoms with E-state index in [9.17, 15) is 0 Å². The largest absolute Gasteiger partial charge is 0.389 e. The first-order chi connectivity index (χ1) is 11.9. The summed E-state index contributed by atoms with van der Waals surface area (Å²) in [5, 5.41) is 12.5. The monoisotopic (exact) mass is 320 g/mol. The molecule has 0 aliphatic carbocycles. The molecule has 0 radical (unpaired) electrons. The van der Waals surface area contributed by atoms with Crippen molar-refractivity contribution in [1.82, 2.24) is 30.0 Å². The second-order valence-corrected chi connectivity index (χ2v) is 6.61. The van der Waals surface area contributed by atoms with Gasteiger partial charge >= 0.3 is 0 Å². The third-order valence-electron chi connectivity index (χ3n) is 5.26. The number of aromatic amines is 1. The Labute approximate surface area is 140 Å². The minimum absolute atomic E-state index is 0.730. The van der Waals surface area contributed by atoms with Crippen molar-refractivity contribution in [3.05, 3.63) is 54.5 Å². The zero-order valence-electron chi connectivity index (χ0n) is 13.4. The van der Waals surface area contributed by atoms with Crippen LogP contribution in [0.5, 0.6) is 0 Å². The van der Waals surface area contributed by atoms with Crippen molar-refractivity contribution in [2.45, 2.75) is 12.8 Å². The predicted octanol–water partition coefficient (Wildman–Crippen LogP) is 2.06. The number of likely N-dealkylation sites (tertiary alicyclic amines) is 1. The summed E-state index contributed by atoms with van der Waals surface area (Å²) in [6.45, 7) is 3.38. The van der Waals surface area contributed by atoms with E-state index >= 15 is 0 Å². The molecule has 0 saturated carbocycles. The summed E-state index contributed by atoms with van der Waals surface area (Å²) in [6.07, 6.45) is 10.2. The molecule has 5 rings (SSSR count). The lowest BCUT2D eigenvalue weighted by Gasteiger charge is -2.19. The lowest BCUT2D eigenvalue weighted by molar-refractivity contribution is 0.396. The van der Waals surface area contributed by atoms with E-state index in [-0.39, 0.29) is 0 Å². The van der Waals surface area contributed by atoms with E-state index in [0.29, 0.717) is 0 Å². The first kappa shape index (κ1) is 13.7. The number of nitrogens with zero attached hydrogens (tertiary/aromatic N) is 4. The summed E-state index contributed by atoms with van der Waals surface area (Å²) in [5.41, 5.74) is 5.15. The molecule has 1 atom stereocenters. The van der Waals surface area contributed by atoms with Gasteiger partial charge in [0.1, 0.15) is 12.7 Å². The Balaban J connectivity index is 1.39. The minimum atomic E-state index is 0.730. The Hall–Kier alpha value is -2.76. The highest BCUT2D eigenvalue weighted by Crippen LogP contribution is 2.30. The summed E-state index contributed by atoms with van der Waals surface area (Å²) >= 11 is 0. The molecule has 0 bridgehead atoms. The van der Waals surface area contributed by atoms with Gasteiger partial charge in [0.05, 0.1) is 0 Å². The van der Waals surface area contributed by atoms with Crippen LogP contribution in [0.3, 0.4) is 0 Å². The third kappa shape index (κ3) is 2.18. The smallest absolute Gasteiger partial charge is 0.123 e. The van der Waals surface area contributed by atoms with Gasteiger partial charge in [0.25, 0.3) is 0 Å². The minimum Gasteiger partial charge on any atom is -0.389 e. The van der Waals surface area contributed by atoms with Crippen molar-refractivity contribution >= 4 is 10.9 Å². The molecule has 3 aromatic rings. The van der Waals surface area contributed by atoms with E-state index in [1.807, 2.05) is 4.57 Å². The molecular formula is C18H20N6. The van der Waals surface area contributed by atoms with Crippen molar-refractivity contribution in [3.8, 4) is 5.69 Å². The fourth-order valence-corrected chi connectivity index (χ4v) is 3.93. The van der Waals surface area contributed by atoms with Gasteiger partial charge in [-0.3, -0.25) is 4.57 Å². The van der Waals surface area contributed by atoms with Gasteiger partial charge < -0.3 is 15.2 Å². The van der Waals surface area contributed by atoms with Gasteiger partial charge in [-0.2, -0.15) is 0 Å². The average Bonchev–Trinajstić information content (AvgIpc) is 3.36.